The molecule has 150 valence electrons. The summed E-state index contributed by atoms with van der Waals surface area (Å²) in [7, 11) is 1.68. The first-order valence-electron chi connectivity index (χ1n) is 9.89. The summed E-state index contributed by atoms with van der Waals surface area (Å²) >= 11 is 0. The molecular weight excluding hydrogens is 366 g/mol. The zero-order chi connectivity index (χ0) is 20.1. The summed E-state index contributed by atoms with van der Waals surface area (Å²) in [5.74, 6) is 0.611. The van der Waals surface area contributed by atoms with Gasteiger partial charge in [-0.25, -0.2) is 0 Å². The van der Waals surface area contributed by atoms with E-state index in [1.807, 2.05) is 48.5 Å². The molecule has 0 spiro atoms. The fraction of sp³-hybridized carbons (Fsp3) is 0.318. The molecule has 4 rings (SSSR count). The van der Waals surface area contributed by atoms with Crippen LogP contribution in [0.1, 0.15) is 34.9 Å². The van der Waals surface area contributed by atoms with Gasteiger partial charge in [0.1, 0.15) is 5.75 Å². The Morgan fingerprint density at radius 2 is 1.83 bits per heavy atom. The largest absolute Gasteiger partial charge is 0.496 e. The van der Waals surface area contributed by atoms with Crippen molar-refractivity contribution < 1.29 is 9.53 Å². The summed E-state index contributed by atoms with van der Waals surface area (Å²) in [5, 5.41) is 11.6. The monoisotopic (exact) mass is 391 g/mol. The average molecular weight is 391 g/mol. The van der Waals surface area contributed by atoms with Crippen molar-refractivity contribution in [2.45, 2.75) is 18.9 Å². The molecule has 1 aliphatic heterocycles. The van der Waals surface area contributed by atoms with Gasteiger partial charge in [0.05, 0.1) is 25.0 Å². The number of methoxy groups -OCH3 is 1. The number of carbonyl (C=O) groups is 1. The van der Waals surface area contributed by atoms with Gasteiger partial charge in [0.25, 0.3) is 5.91 Å². The Labute approximate surface area is 170 Å². The maximum Gasteiger partial charge on any atom is 0.273 e. The number of aromatic nitrogens is 3. The van der Waals surface area contributed by atoms with Gasteiger partial charge in [-0.05, 0) is 44.1 Å². The maximum absolute atomic E-state index is 12.7. The molecule has 1 N–H and O–H groups in total. The number of likely N-dealkylation sites (tertiary alicyclic amines) is 1. The van der Waals surface area contributed by atoms with E-state index in [0.717, 1.165) is 30.1 Å². The standard InChI is InChI=1S/C22H25N5O2/c1-29-21-12-6-5-11-18(21)20(26-13-7-8-14-26)16-23-22(28)19-15-24-27(25-19)17-9-3-2-4-10-17/h2-6,9-12,15,20H,7-8,13-14,16H2,1H3,(H,23,28)/t20-/m1/s1. The molecule has 0 unspecified atom stereocenters. The van der Waals surface area contributed by atoms with Crippen LogP contribution in [0.25, 0.3) is 5.69 Å². The first-order chi connectivity index (χ1) is 14.3. The SMILES string of the molecule is COc1ccccc1[C@@H](CNC(=O)c1cnn(-c2ccccc2)n1)N1CCCC1. The van der Waals surface area contributed by atoms with Gasteiger partial charge in [0.15, 0.2) is 5.69 Å². The minimum atomic E-state index is -0.230. The minimum Gasteiger partial charge on any atom is -0.496 e. The van der Waals surface area contributed by atoms with Gasteiger partial charge in [-0.3, -0.25) is 9.69 Å². The summed E-state index contributed by atoms with van der Waals surface area (Å²) in [6, 6.07) is 17.6. The Morgan fingerprint density at radius 1 is 1.10 bits per heavy atom. The summed E-state index contributed by atoms with van der Waals surface area (Å²) in [5.41, 5.74) is 2.20. The lowest BCUT2D eigenvalue weighted by atomic mass is 10.0. The molecular formula is C22H25N5O2. The van der Waals surface area contributed by atoms with E-state index in [4.69, 9.17) is 4.74 Å². The van der Waals surface area contributed by atoms with Gasteiger partial charge < -0.3 is 10.1 Å². The average Bonchev–Trinajstić information content (AvgIpc) is 3.47. The van der Waals surface area contributed by atoms with Crippen LogP contribution >= 0.6 is 0 Å². The van der Waals surface area contributed by atoms with Crippen LogP contribution in [-0.2, 0) is 0 Å². The number of amides is 1. The number of ether oxygens (including phenoxy) is 1. The minimum absolute atomic E-state index is 0.0572. The van der Waals surface area contributed by atoms with Gasteiger partial charge in [0, 0.05) is 12.1 Å². The summed E-state index contributed by atoms with van der Waals surface area (Å²) in [6.07, 6.45) is 3.84. The quantitative estimate of drug-likeness (QED) is 0.671. The molecule has 3 aromatic rings. The number of benzene rings is 2. The summed E-state index contributed by atoms with van der Waals surface area (Å²) in [4.78, 5) is 16.6. The molecule has 1 fully saturated rings. The number of carbonyl (C=O) groups excluding carboxylic acids is 1. The molecule has 1 saturated heterocycles. The van der Waals surface area contributed by atoms with Crippen molar-refractivity contribution in [2.24, 2.45) is 0 Å². The van der Waals surface area contributed by atoms with Crippen LogP contribution in [0.2, 0.25) is 0 Å². The molecule has 29 heavy (non-hydrogen) atoms. The fourth-order valence-electron chi connectivity index (χ4n) is 3.76. The van der Waals surface area contributed by atoms with Crippen molar-refractivity contribution in [3.05, 3.63) is 72.1 Å². The molecule has 2 aromatic carbocycles. The molecule has 7 heteroatoms. The van der Waals surface area contributed by atoms with Crippen molar-refractivity contribution in [3.8, 4) is 11.4 Å². The van der Waals surface area contributed by atoms with Crippen LogP contribution in [0.4, 0.5) is 0 Å². The molecule has 0 radical (unpaired) electrons. The van der Waals surface area contributed by atoms with E-state index in [1.54, 1.807) is 7.11 Å². The predicted molar refractivity (Wildman–Crippen MR) is 110 cm³/mol. The van der Waals surface area contributed by atoms with Crippen LogP contribution < -0.4 is 10.1 Å². The molecule has 0 saturated carbocycles. The third-order valence-corrected chi connectivity index (χ3v) is 5.25. The number of hydrogen-bond donors (Lipinski definition) is 1. The van der Waals surface area contributed by atoms with Gasteiger partial charge in [-0.2, -0.15) is 9.90 Å². The fourth-order valence-corrected chi connectivity index (χ4v) is 3.76. The van der Waals surface area contributed by atoms with Crippen molar-refractivity contribution in [1.82, 2.24) is 25.2 Å². The molecule has 1 atom stereocenters. The third kappa shape index (κ3) is 4.30. The smallest absolute Gasteiger partial charge is 0.273 e. The highest BCUT2D eigenvalue weighted by molar-refractivity contribution is 5.91. The number of nitrogens with one attached hydrogen (secondary N) is 1. The topological polar surface area (TPSA) is 72.3 Å². The number of nitrogens with zero attached hydrogens (tertiary/aromatic N) is 4. The van der Waals surface area contributed by atoms with Crippen molar-refractivity contribution in [3.63, 3.8) is 0 Å². The predicted octanol–water partition coefficient (Wildman–Crippen LogP) is 2.84. The van der Waals surface area contributed by atoms with E-state index < -0.39 is 0 Å². The van der Waals surface area contributed by atoms with Gasteiger partial charge >= 0.3 is 0 Å². The van der Waals surface area contributed by atoms with Gasteiger partial charge in [-0.1, -0.05) is 36.4 Å². The lowest BCUT2D eigenvalue weighted by Gasteiger charge is -2.29. The van der Waals surface area contributed by atoms with E-state index in [-0.39, 0.29) is 11.9 Å². The second-order valence-electron chi connectivity index (χ2n) is 7.07. The molecule has 1 aliphatic rings. The van der Waals surface area contributed by atoms with E-state index in [9.17, 15) is 4.79 Å². The lowest BCUT2D eigenvalue weighted by molar-refractivity contribution is 0.0932. The highest BCUT2D eigenvalue weighted by Gasteiger charge is 2.26. The number of para-hydroxylation sites is 2. The Morgan fingerprint density at radius 3 is 2.59 bits per heavy atom. The number of hydrogen-bond acceptors (Lipinski definition) is 5. The van der Waals surface area contributed by atoms with Gasteiger partial charge in [-0.15, -0.1) is 5.10 Å². The lowest BCUT2D eigenvalue weighted by Crippen LogP contribution is -2.37. The molecule has 7 nitrogen and oxygen atoms in total. The van der Waals surface area contributed by atoms with Crippen LogP contribution in [0.5, 0.6) is 5.75 Å². The van der Waals surface area contributed by atoms with Crippen molar-refractivity contribution in [1.29, 1.82) is 0 Å². The summed E-state index contributed by atoms with van der Waals surface area (Å²) in [6.45, 7) is 2.52. The first kappa shape index (κ1) is 19.1. The second-order valence-corrected chi connectivity index (χ2v) is 7.07. The van der Waals surface area contributed by atoms with Crippen LogP contribution in [0.3, 0.4) is 0 Å². The van der Waals surface area contributed by atoms with Crippen molar-refractivity contribution >= 4 is 5.91 Å². The van der Waals surface area contributed by atoms with E-state index >= 15 is 0 Å². The second kappa shape index (κ2) is 8.87. The Kier molecular flexibility index (Phi) is 5.86. The Bertz CT molecular complexity index is 951. The highest BCUT2D eigenvalue weighted by atomic mass is 16.5. The number of rotatable bonds is 7. The highest BCUT2D eigenvalue weighted by Crippen LogP contribution is 2.31. The Balaban J connectivity index is 1.49. The maximum atomic E-state index is 12.7. The molecule has 1 aromatic heterocycles. The molecule has 2 heterocycles. The summed E-state index contributed by atoms with van der Waals surface area (Å²) < 4.78 is 5.56. The third-order valence-electron chi connectivity index (χ3n) is 5.25. The van der Waals surface area contributed by atoms with Crippen LogP contribution in [0.15, 0.2) is 60.8 Å². The zero-order valence-corrected chi connectivity index (χ0v) is 16.5. The Hall–Kier alpha value is -3.19. The van der Waals surface area contributed by atoms with Crippen LogP contribution in [0, 0.1) is 0 Å². The normalized spacial score (nSPS) is 15.2. The zero-order valence-electron chi connectivity index (χ0n) is 16.5. The van der Waals surface area contributed by atoms with E-state index in [1.165, 1.54) is 23.8 Å². The van der Waals surface area contributed by atoms with Crippen molar-refractivity contribution in [2.75, 3.05) is 26.7 Å². The van der Waals surface area contributed by atoms with E-state index in [0.29, 0.717) is 12.2 Å². The van der Waals surface area contributed by atoms with E-state index in [2.05, 4.69) is 26.5 Å². The first-order valence-corrected chi connectivity index (χ1v) is 9.89. The molecule has 1 amide bonds. The molecule has 0 bridgehead atoms. The van der Waals surface area contributed by atoms with Crippen LogP contribution in [-0.4, -0.2) is 52.5 Å². The molecule has 0 aliphatic carbocycles. The van der Waals surface area contributed by atoms with Gasteiger partial charge in [0.2, 0.25) is 0 Å².